The SMILES string of the molecule is CC(C)OC(=O)C1=CC(=O)C=CC1=O. The molecule has 0 spiro atoms. The highest BCUT2D eigenvalue weighted by Crippen LogP contribution is 2.08. The Morgan fingerprint density at radius 2 is 1.93 bits per heavy atom. The van der Waals surface area contributed by atoms with Gasteiger partial charge in [0.2, 0.25) is 0 Å². The van der Waals surface area contributed by atoms with Crippen molar-refractivity contribution in [3.05, 3.63) is 23.8 Å². The van der Waals surface area contributed by atoms with Crippen molar-refractivity contribution in [2.45, 2.75) is 20.0 Å². The molecule has 0 aromatic carbocycles. The molecule has 0 atom stereocenters. The van der Waals surface area contributed by atoms with Crippen LogP contribution in [0.25, 0.3) is 0 Å². The van der Waals surface area contributed by atoms with Crippen molar-refractivity contribution in [3.63, 3.8) is 0 Å². The summed E-state index contributed by atoms with van der Waals surface area (Å²) in [5.74, 6) is -1.61. The summed E-state index contributed by atoms with van der Waals surface area (Å²) in [7, 11) is 0. The second kappa shape index (κ2) is 4.00. The minimum Gasteiger partial charge on any atom is -0.459 e. The topological polar surface area (TPSA) is 60.4 Å². The number of rotatable bonds is 2. The van der Waals surface area contributed by atoms with Crippen LogP contribution in [-0.4, -0.2) is 23.6 Å². The van der Waals surface area contributed by atoms with E-state index >= 15 is 0 Å². The Kier molecular flexibility index (Phi) is 2.96. The lowest BCUT2D eigenvalue weighted by atomic mass is 10.0. The maximum atomic E-state index is 11.3. The summed E-state index contributed by atoms with van der Waals surface area (Å²) in [4.78, 5) is 33.3. The summed E-state index contributed by atoms with van der Waals surface area (Å²) in [6.45, 7) is 3.34. The van der Waals surface area contributed by atoms with E-state index in [-0.39, 0.29) is 17.5 Å². The highest BCUT2D eigenvalue weighted by Gasteiger charge is 2.22. The van der Waals surface area contributed by atoms with E-state index in [0.717, 1.165) is 18.2 Å². The minimum absolute atomic E-state index is 0.203. The molecule has 1 aliphatic rings. The van der Waals surface area contributed by atoms with Gasteiger partial charge in [-0.2, -0.15) is 0 Å². The second-order valence-corrected chi connectivity index (χ2v) is 3.11. The van der Waals surface area contributed by atoms with Crippen molar-refractivity contribution >= 4 is 17.5 Å². The Bertz CT molecular complexity index is 347. The highest BCUT2D eigenvalue weighted by molar-refractivity contribution is 6.28. The van der Waals surface area contributed by atoms with Crippen LogP contribution in [0.5, 0.6) is 0 Å². The third-order valence-corrected chi connectivity index (χ3v) is 1.51. The quantitative estimate of drug-likeness (QED) is 0.366. The van der Waals surface area contributed by atoms with Gasteiger partial charge < -0.3 is 4.74 Å². The van der Waals surface area contributed by atoms with Crippen LogP contribution in [0.4, 0.5) is 0 Å². The number of ether oxygens (including phenoxy) is 1. The number of ketones is 2. The molecule has 0 saturated heterocycles. The average Bonchev–Trinajstić information content (AvgIpc) is 2.08. The summed E-state index contributed by atoms with van der Waals surface area (Å²) in [5.41, 5.74) is -0.203. The van der Waals surface area contributed by atoms with Crippen molar-refractivity contribution in [2.75, 3.05) is 0 Å². The number of hydrogen-bond donors (Lipinski definition) is 0. The van der Waals surface area contributed by atoms with Gasteiger partial charge in [-0.1, -0.05) is 0 Å². The van der Waals surface area contributed by atoms with Crippen LogP contribution >= 0.6 is 0 Å². The second-order valence-electron chi connectivity index (χ2n) is 3.11. The van der Waals surface area contributed by atoms with Gasteiger partial charge in [-0.15, -0.1) is 0 Å². The molecule has 0 bridgehead atoms. The van der Waals surface area contributed by atoms with E-state index in [0.29, 0.717) is 0 Å². The molecule has 0 fully saturated rings. The molecular weight excluding hydrogens is 184 g/mol. The zero-order chi connectivity index (χ0) is 10.7. The summed E-state index contributed by atoms with van der Waals surface area (Å²) < 4.78 is 4.79. The molecule has 0 aromatic heterocycles. The van der Waals surface area contributed by atoms with Crippen molar-refractivity contribution in [1.29, 1.82) is 0 Å². The lowest BCUT2D eigenvalue weighted by molar-refractivity contribution is -0.143. The van der Waals surface area contributed by atoms with Gasteiger partial charge in [0.1, 0.15) is 5.57 Å². The monoisotopic (exact) mass is 194 g/mol. The molecule has 0 aliphatic heterocycles. The predicted molar refractivity (Wildman–Crippen MR) is 48.5 cm³/mol. The van der Waals surface area contributed by atoms with Gasteiger partial charge in [0.15, 0.2) is 11.6 Å². The van der Waals surface area contributed by atoms with E-state index in [1.54, 1.807) is 13.8 Å². The van der Waals surface area contributed by atoms with Crippen LogP contribution in [0.1, 0.15) is 13.8 Å². The first-order valence-electron chi connectivity index (χ1n) is 4.19. The van der Waals surface area contributed by atoms with E-state index in [4.69, 9.17) is 4.74 Å². The number of hydrogen-bond acceptors (Lipinski definition) is 4. The van der Waals surface area contributed by atoms with Crippen LogP contribution in [-0.2, 0) is 19.1 Å². The highest BCUT2D eigenvalue weighted by atomic mass is 16.5. The van der Waals surface area contributed by atoms with Crippen LogP contribution in [0.3, 0.4) is 0 Å². The summed E-state index contributed by atoms with van der Waals surface area (Å²) in [5, 5.41) is 0. The Hall–Kier alpha value is -1.71. The molecule has 14 heavy (non-hydrogen) atoms. The lowest BCUT2D eigenvalue weighted by Gasteiger charge is -2.09. The smallest absolute Gasteiger partial charge is 0.342 e. The van der Waals surface area contributed by atoms with Gasteiger partial charge in [-0.25, -0.2) is 4.79 Å². The van der Waals surface area contributed by atoms with Crippen molar-refractivity contribution in [2.24, 2.45) is 0 Å². The Morgan fingerprint density at radius 1 is 1.29 bits per heavy atom. The van der Waals surface area contributed by atoms with Gasteiger partial charge in [0, 0.05) is 6.08 Å². The average molecular weight is 194 g/mol. The first-order chi connectivity index (χ1) is 6.50. The molecule has 1 rings (SSSR count). The number of allylic oxidation sites excluding steroid dienone is 3. The molecule has 0 unspecified atom stereocenters. The van der Waals surface area contributed by atoms with E-state index in [1.165, 1.54) is 0 Å². The summed E-state index contributed by atoms with van der Waals surface area (Å²) in [6.07, 6.45) is 2.87. The van der Waals surface area contributed by atoms with Gasteiger partial charge >= 0.3 is 5.97 Å². The maximum absolute atomic E-state index is 11.3. The lowest BCUT2D eigenvalue weighted by Crippen LogP contribution is -2.21. The Labute approximate surface area is 81.2 Å². The van der Waals surface area contributed by atoms with Crippen molar-refractivity contribution < 1.29 is 19.1 Å². The molecule has 0 N–H and O–H groups in total. The molecule has 0 heterocycles. The molecule has 0 saturated carbocycles. The van der Waals surface area contributed by atoms with E-state index < -0.39 is 11.8 Å². The molecule has 1 aliphatic carbocycles. The fraction of sp³-hybridized carbons (Fsp3) is 0.300. The predicted octanol–water partition coefficient (Wildman–Crippen LogP) is 0.572. The summed E-state index contributed by atoms with van der Waals surface area (Å²) in [6, 6.07) is 0. The fourth-order valence-corrected chi connectivity index (χ4v) is 0.946. The largest absolute Gasteiger partial charge is 0.459 e. The first kappa shape index (κ1) is 10.4. The van der Waals surface area contributed by atoms with Gasteiger partial charge in [0.25, 0.3) is 0 Å². The third kappa shape index (κ3) is 2.39. The maximum Gasteiger partial charge on any atom is 0.342 e. The van der Waals surface area contributed by atoms with E-state index in [2.05, 4.69) is 0 Å². The number of carbonyl (C=O) groups excluding carboxylic acids is 3. The van der Waals surface area contributed by atoms with Crippen molar-refractivity contribution in [1.82, 2.24) is 0 Å². The molecule has 4 heteroatoms. The first-order valence-corrected chi connectivity index (χ1v) is 4.19. The zero-order valence-electron chi connectivity index (χ0n) is 7.94. The van der Waals surface area contributed by atoms with Crippen LogP contribution < -0.4 is 0 Å². The molecule has 0 amide bonds. The molecule has 4 nitrogen and oxygen atoms in total. The minimum atomic E-state index is -0.747. The standard InChI is InChI=1S/C10H10O4/c1-6(2)14-10(13)8-5-7(11)3-4-9(8)12/h3-6H,1-2H3. The normalized spacial score (nSPS) is 15.8. The van der Waals surface area contributed by atoms with Gasteiger partial charge in [0.05, 0.1) is 6.10 Å². The summed E-state index contributed by atoms with van der Waals surface area (Å²) >= 11 is 0. The Morgan fingerprint density at radius 3 is 2.50 bits per heavy atom. The van der Waals surface area contributed by atoms with E-state index in [9.17, 15) is 14.4 Å². The van der Waals surface area contributed by atoms with E-state index in [1.807, 2.05) is 0 Å². The van der Waals surface area contributed by atoms with Gasteiger partial charge in [-0.05, 0) is 26.0 Å². The Balaban J connectivity index is 2.82. The van der Waals surface area contributed by atoms with Crippen molar-refractivity contribution in [3.8, 4) is 0 Å². The zero-order valence-corrected chi connectivity index (χ0v) is 7.94. The van der Waals surface area contributed by atoms with Crippen LogP contribution in [0.2, 0.25) is 0 Å². The molecule has 0 aromatic rings. The fourth-order valence-electron chi connectivity index (χ4n) is 0.946. The third-order valence-electron chi connectivity index (χ3n) is 1.51. The molecular formula is C10H10O4. The van der Waals surface area contributed by atoms with Crippen LogP contribution in [0, 0.1) is 0 Å². The van der Waals surface area contributed by atoms with Gasteiger partial charge in [-0.3, -0.25) is 9.59 Å². The number of carbonyl (C=O) groups is 3. The van der Waals surface area contributed by atoms with Crippen LogP contribution in [0.15, 0.2) is 23.8 Å². The molecule has 74 valence electrons. The number of esters is 1. The molecule has 0 radical (unpaired) electrons.